The Morgan fingerprint density at radius 3 is 2.38 bits per heavy atom. The number of halogens is 2. The Morgan fingerprint density at radius 2 is 1.75 bits per heavy atom. The van der Waals surface area contributed by atoms with Crippen molar-refractivity contribution in [2.75, 3.05) is 5.73 Å². The van der Waals surface area contributed by atoms with Crippen LogP contribution in [0.3, 0.4) is 0 Å². The molecule has 0 heterocycles. The molecular formula is C12H9BrINO. The van der Waals surface area contributed by atoms with Crippen LogP contribution in [-0.2, 0) is 0 Å². The molecule has 0 aliphatic rings. The molecule has 0 spiro atoms. The topological polar surface area (TPSA) is 35.2 Å². The molecule has 0 radical (unpaired) electrons. The van der Waals surface area contributed by atoms with Gasteiger partial charge in [-0.15, -0.1) is 0 Å². The Hall–Kier alpha value is -0.750. The highest BCUT2D eigenvalue weighted by Gasteiger charge is 2.02. The molecule has 82 valence electrons. The highest BCUT2D eigenvalue weighted by atomic mass is 127. The molecule has 0 fully saturated rings. The lowest BCUT2D eigenvalue weighted by Crippen LogP contribution is -1.88. The maximum atomic E-state index is 5.71. The number of anilines is 1. The minimum Gasteiger partial charge on any atom is -0.456 e. The summed E-state index contributed by atoms with van der Waals surface area (Å²) in [6.45, 7) is 0. The number of hydrogen-bond donors (Lipinski definition) is 1. The average Bonchev–Trinajstić information content (AvgIpc) is 2.25. The second-order valence-corrected chi connectivity index (χ2v) is 5.35. The van der Waals surface area contributed by atoms with E-state index in [9.17, 15) is 0 Å². The Balaban J connectivity index is 2.23. The van der Waals surface area contributed by atoms with Gasteiger partial charge in [0.25, 0.3) is 0 Å². The quantitative estimate of drug-likeness (QED) is 0.609. The molecule has 16 heavy (non-hydrogen) atoms. The molecule has 0 amide bonds. The fraction of sp³-hybridized carbons (Fsp3) is 0. The summed E-state index contributed by atoms with van der Waals surface area (Å²) in [6, 6.07) is 13.4. The highest BCUT2D eigenvalue weighted by molar-refractivity contribution is 14.1. The van der Waals surface area contributed by atoms with Crippen LogP contribution in [0.2, 0.25) is 0 Å². The molecule has 0 aliphatic heterocycles. The first-order chi connectivity index (χ1) is 7.65. The van der Waals surface area contributed by atoms with Crippen LogP contribution in [0.1, 0.15) is 0 Å². The monoisotopic (exact) mass is 389 g/mol. The summed E-state index contributed by atoms with van der Waals surface area (Å²) in [5, 5.41) is 0. The number of ether oxygens (including phenoxy) is 1. The molecule has 4 heteroatoms. The van der Waals surface area contributed by atoms with Crippen LogP contribution >= 0.6 is 38.5 Å². The van der Waals surface area contributed by atoms with Crippen molar-refractivity contribution in [3.8, 4) is 11.5 Å². The van der Waals surface area contributed by atoms with E-state index in [2.05, 4.69) is 38.5 Å². The van der Waals surface area contributed by atoms with Crippen LogP contribution in [0, 0.1) is 3.57 Å². The van der Waals surface area contributed by atoms with Crippen LogP contribution in [0.25, 0.3) is 0 Å². The number of nitrogens with two attached hydrogens (primary N) is 1. The van der Waals surface area contributed by atoms with Gasteiger partial charge in [-0.25, -0.2) is 0 Å². The third-order valence-electron chi connectivity index (χ3n) is 2.00. The number of rotatable bonds is 2. The van der Waals surface area contributed by atoms with Crippen molar-refractivity contribution in [2.45, 2.75) is 0 Å². The van der Waals surface area contributed by atoms with Gasteiger partial charge in [-0.05, 0) is 81.0 Å². The SMILES string of the molecule is Nc1ccc(Oc2ccc(I)cc2)c(Br)c1. The minimum absolute atomic E-state index is 0.710. The Morgan fingerprint density at radius 1 is 1.06 bits per heavy atom. The van der Waals surface area contributed by atoms with Gasteiger partial charge in [0, 0.05) is 9.26 Å². The van der Waals surface area contributed by atoms with Gasteiger partial charge in [0.2, 0.25) is 0 Å². The summed E-state index contributed by atoms with van der Waals surface area (Å²) in [5.74, 6) is 1.57. The zero-order chi connectivity index (χ0) is 11.5. The van der Waals surface area contributed by atoms with Gasteiger partial charge in [-0.1, -0.05) is 0 Å². The molecule has 2 aromatic carbocycles. The van der Waals surface area contributed by atoms with Gasteiger partial charge in [-0.2, -0.15) is 0 Å². The molecule has 0 aromatic heterocycles. The first kappa shape index (κ1) is 11.7. The first-order valence-electron chi connectivity index (χ1n) is 4.63. The molecule has 0 unspecified atom stereocenters. The fourth-order valence-corrected chi connectivity index (χ4v) is 2.07. The molecule has 0 bridgehead atoms. The molecule has 2 aromatic rings. The van der Waals surface area contributed by atoms with Gasteiger partial charge in [0.15, 0.2) is 0 Å². The molecule has 0 aliphatic carbocycles. The van der Waals surface area contributed by atoms with E-state index in [-0.39, 0.29) is 0 Å². The van der Waals surface area contributed by atoms with E-state index in [0.29, 0.717) is 5.69 Å². The normalized spacial score (nSPS) is 10.1. The van der Waals surface area contributed by atoms with Crippen LogP contribution in [0.4, 0.5) is 5.69 Å². The molecule has 0 atom stereocenters. The Labute approximate surface area is 116 Å². The van der Waals surface area contributed by atoms with Crippen LogP contribution < -0.4 is 10.5 Å². The number of nitrogen functional groups attached to an aromatic ring is 1. The summed E-state index contributed by atoms with van der Waals surface area (Å²) in [6.07, 6.45) is 0. The highest BCUT2D eigenvalue weighted by Crippen LogP contribution is 2.31. The van der Waals surface area contributed by atoms with E-state index in [1.165, 1.54) is 3.57 Å². The second kappa shape index (κ2) is 5.05. The zero-order valence-corrected chi connectivity index (χ0v) is 12.0. The smallest absolute Gasteiger partial charge is 0.141 e. The molecule has 2 nitrogen and oxygen atoms in total. The maximum absolute atomic E-state index is 5.71. The van der Waals surface area contributed by atoms with Gasteiger partial charge >= 0.3 is 0 Å². The van der Waals surface area contributed by atoms with Crippen LogP contribution in [0.15, 0.2) is 46.9 Å². The van der Waals surface area contributed by atoms with E-state index in [1.54, 1.807) is 0 Å². The Kier molecular flexibility index (Phi) is 3.70. The zero-order valence-electron chi connectivity index (χ0n) is 8.28. The maximum Gasteiger partial charge on any atom is 0.141 e. The second-order valence-electron chi connectivity index (χ2n) is 3.25. The standard InChI is InChI=1S/C12H9BrINO/c13-11-7-9(15)3-6-12(11)16-10-4-1-8(14)2-5-10/h1-7H,15H2. The third-order valence-corrected chi connectivity index (χ3v) is 3.34. The molecule has 0 saturated heterocycles. The largest absolute Gasteiger partial charge is 0.456 e. The van der Waals surface area contributed by atoms with E-state index in [4.69, 9.17) is 10.5 Å². The van der Waals surface area contributed by atoms with Gasteiger partial charge in [0.1, 0.15) is 11.5 Å². The minimum atomic E-state index is 0.710. The fourth-order valence-electron chi connectivity index (χ4n) is 1.23. The van der Waals surface area contributed by atoms with Crippen molar-refractivity contribution in [3.63, 3.8) is 0 Å². The Bertz CT molecular complexity index is 499. The predicted molar refractivity (Wildman–Crippen MR) is 77.8 cm³/mol. The van der Waals surface area contributed by atoms with Crippen molar-refractivity contribution in [3.05, 3.63) is 50.5 Å². The van der Waals surface area contributed by atoms with Crippen molar-refractivity contribution >= 4 is 44.2 Å². The van der Waals surface area contributed by atoms with Crippen LogP contribution in [0.5, 0.6) is 11.5 Å². The molecule has 2 N–H and O–H groups in total. The third kappa shape index (κ3) is 2.89. The van der Waals surface area contributed by atoms with E-state index < -0.39 is 0 Å². The van der Waals surface area contributed by atoms with E-state index >= 15 is 0 Å². The summed E-state index contributed by atoms with van der Waals surface area (Å²) in [7, 11) is 0. The predicted octanol–water partition coefficient (Wildman–Crippen LogP) is 4.43. The van der Waals surface area contributed by atoms with Crippen LogP contribution in [-0.4, -0.2) is 0 Å². The molecular weight excluding hydrogens is 381 g/mol. The van der Waals surface area contributed by atoms with Gasteiger partial charge in [-0.3, -0.25) is 0 Å². The van der Waals surface area contributed by atoms with Crippen molar-refractivity contribution in [2.24, 2.45) is 0 Å². The molecule has 0 saturated carbocycles. The van der Waals surface area contributed by atoms with Crippen molar-refractivity contribution in [1.82, 2.24) is 0 Å². The summed E-state index contributed by atoms with van der Waals surface area (Å²) >= 11 is 5.67. The lowest BCUT2D eigenvalue weighted by Gasteiger charge is -2.08. The summed E-state index contributed by atoms with van der Waals surface area (Å²) < 4.78 is 7.75. The average molecular weight is 390 g/mol. The van der Waals surface area contributed by atoms with Crippen molar-refractivity contribution in [1.29, 1.82) is 0 Å². The summed E-state index contributed by atoms with van der Waals surface area (Å²) in [4.78, 5) is 0. The lowest BCUT2D eigenvalue weighted by molar-refractivity contribution is 0.479. The van der Waals surface area contributed by atoms with E-state index in [0.717, 1.165) is 16.0 Å². The first-order valence-corrected chi connectivity index (χ1v) is 6.51. The van der Waals surface area contributed by atoms with Gasteiger partial charge < -0.3 is 10.5 Å². The lowest BCUT2D eigenvalue weighted by atomic mass is 10.3. The number of benzene rings is 2. The number of hydrogen-bond acceptors (Lipinski definition) is 2. The summed E-state index contributed by atoms with van der Waals surface area (Å²) in [5.41, 5.74) is 6.36. The van der Waals surface area contributed by atoms with Gasteiger partial charge in [0.05, 0.1) is 4.47 Å². The van der Waals surface area contributed by atoms with Crippen molar-refractivity contribution < 1.29 is 4.74 Å². The molecule has 2 rings (SSSR count). The van der Waals surface area contributed by atoms with E-state index in [1.807, 2.05) is 42.5 Å².